The molecule has 0 aliphatic carbocycles. The summed E-state index contributed by atoms with van der Waals surface area (Å²) in [4.78, 5) is 7.36. The molecule has 7 heteroatoms. The van der Waals surface area contributed by atoms with Gasteiger partial charge in [0, 0.05) is 36.2 Å². The van der Waals surface area contributed by atoms with Crippen molar-refractivity contribution in [1.82, 2.24) is 15.5 Å². The third-order valence-corrected chi connectivity index (χ3v) is 6.71. The molecule has 0 saturated carbocycles. The predicted octanol–water partition coefficient (Wildman–Crippen LogP) is 4.74. The molecule has 0 spiro atoms. The lowest BCUT2D eigenvalue weighted by Gasteiger charge is -2.39. The zero-order valence-corrected chi connectivity index (χ0v) is 21.7. The fourth-order valence-corrected chi connectivity index (χ4v) is 5.05. The number of guanidine groups is 1. The van der Waals surface area contributed by atoms with Gasteiger partial charge in [-0.15, -0.1) is 24.0 Å². The first kappa shape index (κ1) is 25.3. The smallest absolute Gasteiger partial charge is 0.191 e. The number of benzene rings is 2. The number of aliphatic hydroxyl groups excluding tert-OH is 1. The summed E-state index contributed by atoms with van der Waals surface area (Å²) in [6, 6.07) is 19.8. The second kappa shape index (κ2) is 12.2. The summed E-state index contributed by atoms with van der Waals surface area (Å²) in [5.41, 5.74) is 2.23. The van der Waals surface area contributed by atoms with Gasteiger partial charge in [-0.3, -0.25) is 9.89 Å². The molecule has 2 fully saturated rings. The van der Waals surface area contributed by atoms with E-state index in [1.807, 2.05) is 12.1 Å². The van der Waals surface area contributed by atoms with Crippen LogP contribution in [0.2, 0.25) is 5.02 Å². The second-order valence-electron chi connectivity index (χ2n) is 8.64. The van der Waals surface area contributed by atoms with E-state index in [-0.39, 0.29) is 24.0 Å². The van der Waals surface area contributed by atoms with Gasteiger partial charge < -0.3 is 15.7 Å². The normalized spacial score (nSPS) is 24.0. The monoisotopic (exact) mass is 568 g/mol. The van der Waals surface area contributed by atoms with E-state index in [1.54, 1.807) is 12.1 Å². The number of aliphatic hydroxyl groups is 1. The molecule has 3 N–H and O–H groups in total. The van der Waals surface area contributed by atoms with Gasteiger partial charge >= 0.3 is 0 Å². The first-order valence-corrected chi connectivity index (χ1v) is 11.8. The van der Waals surface area contributed by atoms with Crippen molar-refractivity contribution in [3.8, 4) is 0 Å². The minimum Gasteiger partial charge on any atom is -0.386 e. The van der Waals surface area contributed by atoms with E-state index in [0.29, 0.717) is 29.7 Å². The number of nitrogens with zero attached hydrogens (tertiary/aromatic N) is 2. The number of aliphatic imine (C=N–C) groups is 1. The van der Waals surface area contributed by atoms with Crippen LogP contribution in [-0.4, -0.2) is 47.2 Å². The van der Waals surface area contributed by atoms with Gasteiger partial charge in [-0.1, -0.05) is 54.1 Å². The summed E-state index contributed by atoms with van der Waals surface area (Å²) in [5, 5.41) is 18.1. The molecule has 2 aliphatic rings. The molecule has 2 aliphatic heterocycles. The number of nitrogens with one attached hydrogen (secondary N) is 2. The SMILES string of the molecule is CCNC(=NCC(O)c1ccc(Cl)cc1)NC1CC2CCC(C1)N2Cc1ccccc1.I. The fraction of sp³-hybridized carbons (Fsp3) is 0.480. The molecule has 32 heavy (non-hydrogen) atoms. The van der Waals surface area contributed by atoms with Crippen LogP contribution in [0.5, 0.6) is 0 Å². The van der Waals surface area contributed by atoms with Crippen molar-refractivity contribution in [1.29, 1.82) is 0 Å². The Morgan fingerprint density at radius 3 is 2.38 bits per heavy atom. The Morgan fingerprint density at radius 2 is 1.75 bits per heavy atom. The Labute approximate surface area is 213 Å². The van der Waals surface area contributed by atoms with Crippen molar-refractivity contribution < 1.29 is 5.11 Å². The van der Waals surface area contributed by atoms with Crippen molar-refractivity contribution in [2.45, 2.75) is 63.4 Å². The molecule has 2 saturated heterocycles. The summed E-state index contributed by atoms with van der Waals surface area (Å²) in [6.07, 6.45) is 4.18. The number of hydrogen-bond donors (Lipinski definition) is 3. The standard InChI is InChI=1S/C25H33ClN4O.HI/c1-2-27-25(28-16-24(31)19-8-10-20(26)11-9-19)29-21-14-22-12-13-23(15-21)30(22)17-18-6-4-3-5-7-18;/h3-11,21-24,31H,2,12-17H2,1H3,(H2,27,28,29);1H. The molecular weight excluding hydrogens is 535 g/mol. The summed E-state index contributed by atoms with van der Waals surface area (Å²) in [7, 11) is 0. The van der Waals surface area contributed by atoms with E-state index in [0.717, 1.165) is 37.5 Å². The maximum Gasteiger partial charge on any atom is 0.191 e. The van der Waals surface area contributed by atoms with Gasteiger partial charge in [0.2, 0.25) is 0 Å². The van der Waals surface area contributed by atoms with Crippen molar-refractivity contribution in [2.75, 3.05) is 13.1 Å². The summed E-state index contributed by atoms with van der Waals surface area (Å²) < 4.78 is 0. The van der Waals surface area contributed by atoms with E-state index < -0.39 is 6.10 Å². The lowest BCUT2D eigenvalue weighted by Crippen LogP contribution is -2.52. The molecule has 0 amide bonds. The van der Waals surface area contributed by atoms with Crippen LogP contribution in [0.1, 0.15) is 49.8 Å². The number of halogens is 2. The molecule has 174 valence electrons. The highest BCUT2D eigenvalue weighted by Crippen LogP contribution is 2.36. The number of hydrogen-bond acceptors (Lipinski definition) is 3. The number of fused-ring (bicyclic) bond motifs is 2. The van der Waals surface area contributed by atoms with Crippen molar-refractivity contribution >= 4 is 41.5 Å². The molecule has 3 atom stereocenters. The molecule has 4 rings (SSSR count). The Morgan fingerprint density at radius 1 is 1.09 bits per heavy atom. The minimum absolute atomic E-state index is 0. The van der Waals surface area contributed by atoms with Crippen LogP contribution in [0.15, 0.2) is 59.6 Å². The van der Waals surface area contributed by atoms with Gasteiger partial charge in [-0.25, -0.2) is 0 Å². The van der Waals surface area contributed by atoms with Gasteiger partial charge in [0.15, 0.2) is 5.96 Å². The first-order chi connectivity index (χ1) is 15.1. The highest BCUT2D eigenvalue weighted by Gasteiger charge is 2.40. The van der Waals surface area contributed by atoms with E-state index in [9.17, 15) is 5.11 Å². The molecule has 0 aromatic heterocycles. The number of piperidine rings is 1. The predicted molar refractivity (Wildman–Crippen MR) is 143 cm³/mol. The van der Waals surface area contributed by atoms with Gasteiger partial charge in [-0.05, 0) is 55.9 Å². The third kappa shape index (κ3) is 6.59. The van der Waals surface area contributed by atoms with Crippen LogP contribution in [-0.2, 0) is 6.54 Å². The van der Waals surface area contributed by atoms with Crippen molar-refractivity contribution in [2.24, 2.45) is 4.99 Å². The molecule has 0 radical (unpaired) electrons. The molecular formula is C25H34ClIN4O. The molecule has 3 unspecified atom stereocenters. The number of rotatable bonds is 7. The van der Waals surface area contributed by atoms with Crippen LogP contribution in [0, 0.1) is 0 Å². The molecule has 2 aromatic carbocycles. The highest BCUT2D eigenvalue weighted by atomic mass is 127. The lowest BCUT2D eigenvalue weighted by atomic mass is 9.96. The quantitative estimate of drug-likeness (QED) is 0.257. The summed E-state index contributed by atoms with van der Waals surface area (Å²) in [6.45, 7) is 4.22. The van der Waals surface area contributed by atoms with Gasteiger partial charge in [0.05, 0.1) is 12.6 Å². The maximum absolute atomic E-state index is 10.5. The maximum atomic E-state index is 10.5. The van der Waals surface area contributed by atoms with Crippen LogP contribution >= 0.6 is 35.6 Å². The molecule has 2 heterocycles. The van der Waals surface area contributed by atoms with Crippen LogP contribution < -0.4 is 10.6 Å². The molecule has 2 bridgehead atoms. The van der Waals surface area contributed by atoms with E-state index in [2.05, 4.69) is 57.8 Å². The Balaban J connectivity index is 0.00000289. The summed E-state index contributed by atoms with van der Waals surface area (Å²) >= 11 is 5.95. The Hall–Kier alpha value is -1.35. The lowest BCUT2D eigenvalue weighted by molar-refractivity contribution is 0.114. The molecule has 5 nitrogen and oxygen atoms in total. The van der Waals surface area contributed by atoms with Crippen LogP contribution in [0.3, 0.4) is 0 Å². The topological polar surface area (TPSA) is 59.9 Å². The van der Waals surface area contributed by atoms with E-state index >= 15 is 0 Å². The highest BCUT2D eigenvalue weighted by molar-refractivity contribution is 14.0. The van der Waals surface area contributed by atoms with Gasteiger partial charge in [-0.2, -0.15) is 0 Å². The Kier molecular flexibility index (Phi) is 9.64. The zero-order valence-electron chi connectivity index (χ0n) is 18.6. The van der Waals surface area contributed by atoms with Crippen molar-refractivity contribution in [3.63, 3.8) is 0 Å². The van der Waals surface area contributed by atoms with Crippen LogP contribution in [0.4, 0.5) is 0 Å². The fourth-order valence-electron chi connectivity index (χ4n) is 4.93. The third-order valence-electron chi connectivity index (χ3n) is 6.45. The average molecular weight is 569 g/mol. The van der Waals surface area contributed by atoms with Gasteiger partial charge in [0.1, 0.15) is 0 Å². The zero-order chi connectivity index (χ0) is 21.6. The van der Waals surface area contributed by atoms with E-state index in [4.69, 9.17) is 11.6 Å². The average Bonchev–Trinajstić information content (AvgIpc) is 3.01. The largest absolute Gasteiger partial charge is 0.386 e. The molecule has 2 aromatic rings. The Bertz CT molecular complexity index is 850. The first-order valence-electron chi connectivity index (χ1n) is 11.4. The minimum atomic E-state index is -0.642. The second-order valence-corrected chi connectivity index (χ2v) is 9.08. The summed E-state index contributed by atoms with van der Waals surface area (Å²) in [5.74, 6) is 0.788. The van der Waals surface area contributed by atoms with E-state index in [1.165, 1.54) is 18.4 Å². The van der Waals surface area contributed by atoms with Crippen LogP contribution in [0.25, 0.3) is 0 Å². The van der Waals surface area contributed by atoms with Crippen molar-refractivity contribution in [3.05, 3.63) is 70.7 Å². The van der Waals surface area contributed by atoms with Gasteiger partial charge in [0.25, 0.3) is 0 Å².